The van der Waals surface area contributed by atoms with Crippen molar-refractivity contribution in [1.29, 1.82) is 0 Å². The predicted molar refractivity (Wildman–Crippen MR) is 58.5 cm³/mol. The van der Waals surface area contributed by atoms with E-state index in [4.69, 9.17) is 15.7 Å². The summed E-state index contributed by atoms with van der Waals surface area (Å²) >= 11 is 0. The molecule has 1 rings (SSSR count). The van der Waals surface area contributed by atoms with Crippen LogP contribution in [0.25, 0.3) is 0 Å². The van der Waals surface area contributed by atoms with Crippen LogP contribution in [0.1, 0.15) is 5.56 Å². The van der Waals surface area contributed by atoms with E-state index in [-0.39, 0.29) is 18.3 Å². The van der Waals surface area contributed by atoms with E-state index in [9.17, 15) is 4.79 Å². The number of nitrogens with zero attached hydrogens (tertiary/aromatic N) is 1. The van der Waals surface area contributed by atoms with Crippen LogP contribution in [0, 0.1) is 0 Å². The molecule has 6 heteroatoms. The van der Waals surface area contributed by atoms with Gasteiger partial charge in [0, 0.05) is 12.6 Å². The maximum Gasteiger partial charge on any atom is 0.257 e. The van der Waals surface area contributed by atoms with Gasteiger partial charge in [-0.1, -0.05) is 5.16 Å². The highest BCUT2D eigenvalue weighted by Gasteiger charge is 2.01. The highest BCUT2D eigenvalue weighted by Crippen LogP contribution is 2.11. The number of rotatable bonds is 4. The van der Waals surface area contributed by atoms with Crippen LogP contribution >= 0.6 is 0 Å². The Morgan fingerprint density at radius 1 is 1.50 bits per heavy atom. The van der Waals surface area contributed by atoms with Gasteiger partial charge in [-0.15, -0.1) is 0 Å². The van der Waals surface area contributed by atoms with E-state index in [1.807, 2.05) is 0 Å². The van der Waals surface area contributed by atoms with Crippen molar-refractivity contribution < 1.29 is 14.7 Å². The lowest BCUT2D eigenvalue weighted by Crippen LogP contribution is -2.24. The summed E-state index contributed by atoms with van der Waals surface area (Å²) in [4.78, 5) is 10.9. The quantitative estimate of drug-likeness (QED) is 0.287. The molecule has 0 unspecified atom stereocenters. The third-order valence-electron chi connectivity index (χ3n) is 1.91. The highest BCUT2D eigenvalue weighted by molar-refractivity contribution is 5.97. The maximum atomic E-state index is 10.9. The number of oxime groups is 1. The molecule has 0 spiro atoms. The van der Waals surface area contributed by atoms with E-state index < -0.39 is 0 Å². The standard InChI is InChI=1S/C10H13N3O3/c1-12-9(14)6-16-8-4-2-7(3-5-8)10(11)13-15/h2-5,15H,6H2,1H3,(H2,11,13)(H,12,14). The lowest BCUT2D eigenvalue weighted by atomic mass is 10.2. The number of hydrogen-bond acceptors (Lipinski definition) is 4. The first-order valence-electron chi connectivity index (χ1n) is 4.58. The average molecular weight is 223 g/mol. The molecule has 0 saturated carbocycles. The Kier molecular flexibility index (Phi) is 4.14. The van der Waals surface area contributed by atoms with Gasteiger partial charge in [0.05, 0.1) is 0 Å². The monoisotopic (exact) mass is 223 g/mol. The normalized spacial score (nSPS) is 10.9. The fraction of sp³-hybridized carbons (Fsp3) is 0.200. The summed E-state index contributed by atoms with van der Waals surface area (Å²) in [6.07, 6.45) is 0. The van der Waals surface area contributed by atoms with Crippen LogP contribution in [-0.4, -0.2) is 30.6 Å². The molecule has 1 aromatic carbocycles. The van der Waals surface area contributed by atoms with Crippen molar-refractivity contribution >= 4 is 11.7 Å². The Labute approximate surface area is 92.7 Å². The number of carbonyl (C=O) groups is 1. The summed E-state index contributed by atoms with van der Waals surface area (Å²) in [5, 5.41) is 13.7. The van der Waals surface area contributed by atoms with Gasteiger partial charge in [-0.05, 0) is 24.3 Å². The minimum atomic E-state index is -0.208. The molecule has 6 nitrogen and oxygen atoms in total. The van der Waals surface area contributed by atoms with Crippen molar-refractivity contribution in [3.8, 4) is 5.75 Å². The van der Waals surface area contributed by atoms with Crippen LogP contribution < -0.4 is 15.8 Å². The molecule has 16 heavy (non-hydrogen) atoms. The van der Waals surface area contributed by atoms with Crippen molar-refractivity contribution in [2.75, 3.05) is 13.7 Å². The van der Waals surface area contributed by atoms with Gasteiger partial charge >= 0.3 is 0 Å². The average Bonchev–Trinajstić information content (AvgIpc) is 2.35. The van der Waals surface area contributed by atoms with Crippen LogP contribution in [0.3, 0.4) is 0 Å². The van der Waals surface area contributed by atoms with Crippen LogP contribution in [0.4, 0.5) is 0 Å². The van der Waals surface area contributed by atoms with Gasteiger partial charge in [0.1, 0.15) is 5.75 Å². The molecule has 4 N–H and O–H groups in total. The van der Waals surface area contributed by atoms with Crippen LogP contribution in [-0.2, 0) is 4.79 Å². The van der Waals surface area contributed by atoms with Gasteiger partial charge in [0.2, 0.25) is 0 Å². The molecule has 0 aliphatic heterocycles. The van der Waals surface area contributed by atoms with E-state index in [0.717, 1.165) is 0 Å². The minimum absolute atomic E-state index is 0.0258. The molecule has 0 saturated heterocycles. The highest BCUT2D eigenvalue weighted by atomic mass is 16.5. The Bertz CT molecular complexity index is 387. The summed E-state index contributed by atoms with van der Waals surface area (Å²) in [6, 6.07) is 6.54. The Morgan fingerprint density at radius 3 is 2.62 bits per heavy atom. The smallest absolute Gasteiger partial charge is 0.257 e. The Balaban J connectivity index is 2.61. The lowest BCUT2D eigenvalue weighted by Gasteiger charge is -2.05. The predicted octanol–water partition coefficient (Wildman–Crippen LogP) is -0.0941. The zero-order valence-electron chi connectivity index (χ0n) is 8.80. The maximum absolute atomic E-state index is 10.9. The second kappa shape index (κ2) is 5.59. The number of carbonyl (C=O) groups excluding carboxylic acids is 1. The second-order valence-electron chi connectivity index (χ2n) is 2.97. The van der Waals surface area contributed by atoms with Crippen molar-refractivity contribution in [2.45, 2.75) is 0 Å². The number of likely N-dealkylation sites (N-methyl/N-ethyl adjacent to an activating group) is 1. The summed E-state index contributed by atoms with van der Waals surface area (Å²) in [5.41, 5.74) is 5.96. The van der Waals surface area contributed by atoms with Gasteiger partial charge in [-0.3, -0.25) is 4.79 Å². The molecule has 1 amide bonds. The van der Waals surface area contributed by atoms with E-state index >= 15 is 0 Å². The molecule has 86 valence electrons. The van der Waals surface area contributed by atoms with E-state index in [0.29, 0.717) is 11.3 Å². The summed E-state index contributed by atoms with van der Waals surface area (Å²) in [6.45, 7) is -0.0422. The van der Waals surface area contributed by atoms with Crippen LogP contribution in [0.2, 0.25) is 0 Å². The third kappa shape index (κ3) is 3.16. The zero-order valence-corrected chi connectivity index (χ0v) is 8.80. The van der Waals surface area contributed by atoms with E-state index in [1.165, 1.54) is 7.05 Å². The molecule has 0 heterocycles. The van der Waals surface area contributed by atoms with Crippen LogP contribution in [0.15, 0.2) is 29.4 Å². The summed E-state index contributed by atoms with van der Waals surface area (Å²) < 4.78 is 5.17. The fourth-order valence-electron chi connectivity index (χ4n) is 1.00. The van der Waals surface area contributed by atoms with Crippen molar-refractivity contribution in [3.05, 3.63) is 29.8 Å². The first-order chi connectivity index (χ1) is 7.67. The molecule has 0 atom stereocenters. The molecule has 0 aromatic heterocycles. The number of hydrogen-bond donors (Lipinski definition) is 3. The van der Waals surface area contributed by atoms with Gasteiger partial charge in [0.25, 0.3) is 5.91 Å². The van der Waals surface area contributed by atoms with Crippen molar-refractivity contribution in [2.24, 2.45) is 10.9 Å². The molecule has 0 bridgehead atoms. The van der Waals surface area contributed by atoms with Crippen molar-refractivity contribution in [3.63, 3.8) is 0 Å². The number of amidine groups is 1. The Morgan fingerprint density at radius 2 is 2.12 bits per heavy atom. The zero-order chi connectivity index (χ0) is 12.0. The molecule has 0 aliphatic carbocycles. The first-order valence-corrected chi connectivity index (χ1v) is 4.58. The topological polar surface area (TPSA) is 96.9 Å². The molecular formula is C10H13N3O3. The minimum Gasteiger partial charge on any atom is -0.484 e. The number of ether oxygens (including phenoxy) is 1. The molecule has 0 aliphatic rings. The number of amides is 1. The lowest BCUT2D eigenvalue weighted by molar-refractivity contribution is -0.122. The van der Waals surface area contributed by atoms with E-state index in [1.54, 1.807) is 24.3 Å². The van der Waals surface area contributed by atoms with Crippen molar-refractivity contribution in [1.82, 2.24) is 5.32 Å². The van der Waals surface area contributed by atoms with Gasteiger partial charge in [-0.25, -0.2) is 0 Å². The van der Waals surface area contributed by atoms with Gasteiger partial charge in [-0.2, -0.15) is 0 Å². The number of nitrogens with two attached hydrogens (primary N) is 1. The number of nitrogens with one attached hydrogen (secondary N) is 1. The largest absolute Gasteiger partial charge is 0.484 e. The first kappa shape index (κ1) is 11.8. The Hall–Kier alpha value is -2.24. The fourth-order valence-corrected chi connectivity index (χ4v) is 1.00. The van der Waals surface area contributed by atoms with E-state index in [2.05, 4.69) is 10.5 Å². The summed E-state index contributed by atoms with van der Waals surface area (Å²) in [7, 11) is 1.53. The molecule has 1 aromatic rings. The SMILES string of the molecule is CNC(=O)COc1ccc(/C(N)=N/O)cc1. The molecule has 0 fully saturated rings. The second-order valence-corrected chi connectivity index (χ2v) is 2.97. The van der Waals surface area contributed by atoms with Gasteiger partial charge in [0.15, 0.2) is 12.4 Å². The summed E-state index contributed by atoms with van der Waals surface area (Å²) in [5.74, 6) is 0.358. The molecular weight excluding hydrogens is 210 g/mol. The third-order valence-corrected chi connectivity index (χ3v) is 1.91. The number of benzene rings is 1. The van der Waals surface area contributed by atoms with Crippen LogP contribution in [0.5, 0.6) is 5.75 Å². The molecule has 0 radical (unpaired) electrons. The van der Waals surface area contributed by atoms with Gasteiger partial charge < -0.3 is 21.0 Å².